The van der Waals surface area contributed by atoms with E-state index < -0.39 is 11.0 Å². The summed E-state index contributed by atoms with van der Waals surface area (Å²) in [5.41, 5.74) is 0.903. The van der Waals surface area contributed by atoms with Crippen LogP contribution in [0.25, 0.3) is 0 Å². The van der Waals surface area contributed by atoms with Crippen molar-refractivity contribution in [3.8, 4) is 0 Å². The first kappa shape index (κ1) is 20.1. The molecule has 1 unspecified atom stereocenters. The Hall–Kier alpha value is -3.22. The third-order valence-corrected chi connectivity index (χ3v) is 4.15. The van der Waals surface area contributed by atoms with Gasteiger partial charge in [0.25, 0.3) is 11.6 Å². The van der Waals surface area contributed by atoms with Crippen molar-refractivity contribution in [2.75, 3.05) is 12.4 Å². The Morgan fingerprint density at radius 3 is 2.19 bits per heavy atom. The Bertz CT molecular complexity index is 804. The van der Waals surface area contributed by atoms with Crippen molar-refractivity contribution in [3.05, 3.63) is 70.3 Å². The molecule has 2 rings (SSSR count). The van der Waals surface area contributed by atoms with E-state index in [2.05, 4.69) is 5.32 Å². The summed E-state index contributed by atoms with van der Waals surface area (Å²) in [6.07, 6.45) is 0.494. The molecule has 0 saturated heterocycles. The summed E-state index contributed by atoms with van der Waals surface area (Å²) in [6.45, 7) is 3.96. The van der Waals surface area contributed by atoms with Gasteiger partial charge in [-0.3, -0.25) is 19.7 Å². The highest BCUT2D eigenvalue weighted by Gasteiger charge is 2.28. The molecule has 0 radical (unpaired) electrons. The molecule has 142 valence electrons. The lowest BCUT2D eigenvalue weighted by molar-refractivity contribution is -0.384. The maximum Gasteiger partial charge on any atom is 0.269 e. The van der Waals surface area contributed by atoms with E-state index in [0.717, 1.165) is 0 Å². The van der Waals surface area contributed by atoms with Crippen LogP contribution in [0.1, 0.15) is 30.6 Å². The minimum atomic E-state index is -0.659. The van der Waals surface area contributed by atoms with Gasteiger partial charge in [-0.15, -0.1) is 0 Å². The lowest BCUT2D eigenvalue weighted by Crippen LogP contribution is -2.45. The van der Waals surface area contributed by atoms with Crippen molar-refractivity contribution in [1.82, 2.24) is 4.90 Å². The Kier molecular flexibility index (Phi) is 6.65. The van der Waals surface area contributed by atoms with Crippen LogP contribution in [0.3, 0.4) is 0 Å². The zero-order valence-electron chi connectivity index (χ0n) is 15.6. The second-order valence-corrected chi connectivity index (χ2v) is 6.72. The monoisotopic (exact) mass is 369 g/mol. The molecule has 2 aromatic rings. The Morgan fingerprint density at radius 2 is 1.67 bits per heavy atom. The van der Waals surface area contributed by atoms with Crippen LogP contribution in [0.2, 0.25) is 0 Å². The van der Waals surface area contributed by atoms with Crippen molar-refractivity contribution >= 4 is 23.2 Å². The minimum absolute atomic E-state index is 0.0527. The minimum Gasteiger partial charge on any atom is -0.330 e. The van der Waals surface area contributed by atoms with Crippen LogP contribution in [0.15, 0.2) is 54.6 Å². The number of likely N-dealkylation sites (N-methyl/N-ethyl adjacent to an activating group) is 1. The maximum absolute atomic E-state index is 12.8. The number of nitrogens with zero attached hydrogens (tertiary/aromatic N) is 2. The number of amides is 2. The number of carbonyl (C=O) groups is 2. The maximum atomic E-state index is 12.8. The van der Waals surface area contributed by atoms with Gasteiger partial charge in [-0.1, -0.05) is 32.0 Å². The molecular weight excluding hydrogens is 346 g/mol. The fourth-order valence-electron chi connectivity index (χ4n) is 2.71. The first-order chi connectivity index (χ1) is 12.8. The van der Waals surface area contributed by atoms with Crippen molar-refractivity contribution in [2.24, 2.45) is 5.92 Å². The van der Waals surface area contributed by atoms with E-state index in [1.165, 1.54) is 29.2 Å². The van der Waals surface area contributed by atoms with Crippen LogP contribution in [0.5, 0.6) is 0 Å². The van der Waals surface area contributed by atoms with Crippen LogP contribution in [-0.4, -0.2) is 34.7 Å². The van der Waals surface area contributed by atoms with Crippen LogP contribution >= 0.6 is 0 Å². The lowest BCUT2D eigenvalue weighted by Gasteiger charge is -2.28. The first-order valence-electron chi connectivity index (χ1n) is 8.67. The number of nitro groups is 1. The van der Waals surface area contributed by atoms with Crippen LogP contribution in [-0.2, 0) is 4.79 Å². The third kappa shape index (κ3) is 5.37. The average molecular weight is 369 g/mol. The Balaban J connectivity index is 2.17. The number of hydrogen-bond acceptors (Lipinski definition) is 4. The number of benzene rings is 2. The molecule has 0 aromatic heterocycles. The molecule has 7 heteroatoms. The quantitative estimate of drug-likeness (QED) is 0.595. The summed E-state index contributed by atoms with van der Waals surface area (Å²) in [5, 5.41) is 13.5. The normalized spacial score (nSPS) is 11.7. The SMILES string of the molecule is CC(C)CC(C(=O)Nc1ccc([N+](=O)[O-])cc1)N(C)C(=O)c1ccccc1. The Morgan fingerprint density at radius 1 is 1.07 bits per heavy atom. The van der Waals surface area contributed by atoms with E-state index >= 15 is 0 Å². The summed E-state index contributed by atoms with van der Waals surface area (Å²) in [4.78, 5) is 37.2. The van der Waals surface area contributed by atoms with Gasteiger partial charge in [0.05, 0.1) is 4.92 Å². The summed E-state index contributed by atoms with van der Waals surface area (Å²) < 4.78 is 0. The van der Waals surface area contributed by atoms with Crippen LogP contribution in [0.4, 0.5) is 11.4 Å². The topological polar surface area (TPSA) is 92.5 Å². The smallest absolute Gasteiger partial charge is 0.269 e. The molecule has 0 aliphatic heterocycles. The molecule has 7 nitrogen and oxygen atoms in total. The summed E-state index contributed by atoms with van der Waals surface area (Å²) in [7, 11) is 1.61. The molecular formula is C20H23N3O4. The molecule has 27 heavy (non-hydrogen) atoms. The summed E-state index contributed by atoms with van der Waals surface area (Å²) in [6, 6.07) is 13.7. The number of nitro benzene ring substituents is 1. The Labute approximate surface area is 158 Å². The molecule has 2 amide bonds. The van der Waals surface area contributed by atoms with Gasteiger partial charge in [-0.05, 0) is 36.6 Å². The zero-order chi connectivity index (χ0) is 20.0. The average Bonchev–Trinajstić information content (AvgIpc) is 2.65. The second-order valence-electron chi connectivity index (χ2n) is 6.72. The number of nitrogens with one attached hydrogen (secondary N) is 1. The fourth-order valence-corrected chi connectivity index (χ4v) is 2.71. The van der Waals surface area contributed by atoms with Gasteiger partial charge in [0, 0.05) is 30.4 Å². The van der Waals surface area contributed by atoms with Gasteiger partial charge >= 0.3 is 0 Å². The highest BCUT2D eigenvalue weighted by atomic mass is 16.6. The largest absolute Gasteiger partial charge is 0.330 e. The molecule has 0 aliphatic carbocycles. The molecule has 0 aliphatic rings. The van der Waals surface area contributed by atoms with Gasteiger partial charge in [-0.25, -0.2) is 0 Å². The fraction of sp³-hybridized carbons (Fsp3) is 0.300. The molecule has 0 saturated carbocycles. The molecule has 0 spiro atoms. The lowest BCUT2D eigenvalue weighted by atomic mass is 10.0. The third-order valence-electron chi connectivity index (χ3n) is 4.15. The number of anilines is 1. The number of rotatable bonds is 7. The van der Waals surface area contributed by atoms with Crippen molar-refractivity contribution in [1.29, 1.82) is 0 Å². The van der Waals surface area contributed by atoms with Crippen molar-refractivity contribution in [2.45, 2.75) is 26.3 Å². The molecule has 2 aromatic carbocycles. The van der Waals surface area contributed by atoms with Crippen molar-refractivity contribution < 1.29 is 14.5 Å². The second kappa shape index (κ2) is 8.93. The van der Waals surface area contributed by atoms with E-state index in [9.17, 15) is 19.7 Å². The van der Waals surface area contributed by atoms with E-state index in [-0.39, 0.29) is 23.4 Å². The molecule has 0 bridgehead atoms. The highest BCUT2D eigenvalue weighted by molar-refractivity contribution is 6.01. The van der Waals surface area contributed by atoms with Gasteiger partial charge in [0.1, 0.15) is 6.04 Å². The standard InChI is InChI=1S/C20H23N3O4/c1-14(2)13-18(22(3)20(25)15-7-5-4-6-8-15)19(24)21-16-9-11-17(12-10-16)23(26)27/h4-12,14,18H,13H2,1-3H3,(H,21,24). The summed E-state index contributed by atoms with van der Waals surface area (Å²) in [5.74, 6) is -0.368. The van der Waals surface area contributed by atoms with Gasteiger partial charge in [-0.2, -0.15) is 0 Å². The van der Waals surface area contributed by atoms with Crippen molar-refractivity contribution in [3.63, 3.8) is 0 Å². The van der Waals surface area contributed by atoms with E-state index in [1.54, 1.807) is 31.3 Å². The first-order valence-corrected chi connectivity index (χ1v) is 8.67. The molecule has 1 N–H and O–H groups in total. The zero-order valence-corrected chi connectivity index (χ0v) is 15.6. The predicted molar refractivity (Wildman–Crippen MR) is 104 cm³/mol. The van der Waals surface area contributed by atoms with Gasteiger partial charge in [0.15, 0.2) is 0 Å². The van der Waals surface area contributed by atoms with E-state index in [0.29, 0.717) is 17.7 Å². The molecule has 1 atom stereocenters. The highest BCUT2D eigenvalue weighted by Crippen LogP contribution is 2.19. The van der Waals surface area contributed by atoms with Gasteiger partial charge < -0.3 is 10.2 Å². The number of hydrogen-bond donors (Lipinski definition) is 1. The van der Waals surface area contributed by atoms with E-state index in [1.807, 2.05) is 19.9 Å². The predicted octanol–water partition coefficient (Wildman–Crippen LogP) is 3.72. The summed E-state index contributed by atoms with van der Waals surface area (Å²) >= 11 is 0. The number of carbonyl (C=O) groups excluding carboxylic acids is 2. The van der Waals surface area contributed by atoms with Crippen LogP contribution < -0.4 is 5.32 Å². The molecule has 0 heterocycles. The van der Waals surface area contributed by atoms with Gasteiger partial charge in [0.2, 0.25) is 5.91 Å². The van der Waals surface area contributed by atoms with Crippen LogP contribution in [0, 0.1) is 16.0 Å². The van der Waals surface area contributed by atoms with E-state index in [4.69, 9.17) is 0 Å². The number of non-ortho nitro benzene ring substituents is 1. The molecule has 0 fully saturated rings.